The predicted molar refractivity (Wildman–Crippen MR) is 218 cm³/mol. The van der Waals surface area contributed by atoms with Crippen LogP contribution >= 0.6 is 11.6 Å². The van der Waals surface area contributed by atoms with Gasteiger partial charge in [0.25, 0.3) is 0 Å². The van der Waals surface area contributed by atoms with Gasteiger partial charge in [0.2, 0.25) is 0 Å². The van der Waals surface area contributed by atoms with Gasteiger partial charge in [-0.25, -0.2) is 4.79 Å². The first kappa shape index (κ1) is 40.7. The van der Waals surface area contributed by atoms with Gasteiger partial charge in [-0.1, -0.05) is 106 Å². The van der Waals surface area contributed by atoms with Crippen LogP contribution in [0.3, 0.4) is 0 Å². The Bertz CT molecular complexity index is 1930. The molecule has 55 heavy (non-hydrogen) atoms. The van der Waals surface area contributed by atoms with Crippen molar-refractivity contribution in [1.82, 2.24) is 0 Å². The number of hydrogen-bond donors (Lipinski definition) is 0. The normalized spacial score (nSPS) is 11.0. The van der Waals surface area contributed by atoms with E-state index in [9.17, 15) is 9.59 Å². The maximum absolute atomic E-state index is 13.1. The molecule has 9 heteroatoms. The molecule has 0 amide bonds. The number of halogens is 1. The molecule has 0 atom stereocenters. The fraction of sp³-hybridized carbons (Fsp3) is 0.304. The second-order valence-corrected chi connectivity index (χ2v) is 13.7. The monoisotopic (exact) mass is 760 g/mol. The average molecular weight is 761 g/mol. The molecule has 0 aromatic heterocycles. The van der Waals surface area contributed by atoms with Crippen molar-refractivity contribution in [3.63, 3.8) is 0 Å². The first-order valence-electron chi connectivity index (χ1n) is 19.2. The number of esters is 2. The van der Waals surface area contributed by atoms with Gasteiger partial charge in [0.05, 0.1) is 30.2 Å². The first-order valence-corrected chi connectivity index (χ1v) is 19.6. The maximum Gasteiger partial charge on any atom is 0.343 e. The number of carbonyl (C=O) groups excluding carboxylic acids is 2. The Kier molecular flexibility index (Phi) is 16.8. The summed E-state index contributed by atoms with van der Waals surface area (Å²) >= 11 is 6.01. The van der Waals surface area contributed by atoms with E-state index in [1.165, 1.54) is 38.5 Å². The first-order chi connectivity index (χ1) is 26.9. The number of unbranched alkanes of at least 4 members (excludes halogenated alkanes) is 8. The summed E-state index contributed by atoms with van der Waals surface area (Å²) in [6.07, 6.45) is 11.3. The molecule has 0 N–H and O–H groups in total. The van der Waals surface area contributed by atoms with Crippen LogP contribution in [0.1, 0.15) is 87.9 Å². The molecule has 8 nitrogen and oxygen atoms in total. The van der Waals surface area contributed by atoms with Crippen molar-refractivity contribution in [2.75, 3.05) is 13.2 Å². The summed E-state index contributed by atoms with van der Waals surface area (Å²) in [6, 6.07) is 36.4. The average Bonchev–Trinajstić information content (AvgIpc) is 3.20. The lowest BCUT2D eigenvalue weighted by atomic mass is 10.1. The van der Waals surface area contributed by atoms with E-state index < -0.39 is 5.97 Å². The van der Waals surface area contributed by atoms with Crippen molar-refractivity contribution in [2.45, 2.75) is 77.6 Å². The van der Waals surface area contributed by atoms with Crippen LogP contribution in [-0.2, 0) is 4.79 Å². The minimum Gasteiger partial charge on any atom is -0.494 e. The molecule has 0 spiro atoms. The van der Waals surface area contributed by atoms with E-state index in [0.717, 1.165) is 24.0 Å². The Balaban J connectivity index is 1.11. The van der Waals surface area contributed by atoms with E-state index in [1.54, 1.807) is 78.9 Å². The molecular formula is C46H49ClN2O6. The summed E-state index contributed by atoms with van der Waals surface area (Å²) in [5.41, 5.74) is 3.57. The van der Waals surface area contributed by atoms with Gasteiger partial charge >= 0.3 is 11.9 Å². The molecule has 5 aromatic rings. The number of nitrogens with zero attached hydrogens (tertiary/aromatic N) is 2. The van der Waals surface area contributed by atoms with Gasteiger partial charge in [0, 0.05) is 29.6 Å². The van der Waals surface area contributed by atoms with E-state index in [4.69, 9.17) is 30.5 Å². The third kappa shape index (κ3) is 14.7. The van der Waals surface area contributed by atoms with Gasteiger partial charge in [0.1, 0.15) is 23.0 Å². The number of benzene rings is 5. The van der Waals surface area contributed by atoms with Crippen LogP contribution in [0.4, 0.5) is 11.4 Å². The van der Waals surface area contributed by atoms with E-state index in [2.05, 4.69) is 17.2 Å². The maximum atomic E-state index is 13.1. The lowest BCUT2D eigenvalue weighted by Gasteiger charge is -2.11. The largest absolute Gasteiger partial charge is 0.494 e. The summed E-state index contributed by atoms with van der Waals surface area (Å²) in [5, 5.41) is 9.23. The number of hydrogen-bond acceptors (Lipinski definition) is 8. The molecule has 0 fully saturated rings. The molecule has 0 aliphatic carbocycles. The van der Waals surface area contributed by atoms with E-state index in [-0.39, 0.29) is 18.1 Å². The van der Waals surface area contributed by atoms with Crippen molar-refractivity contribution < 1.29 is 28.5 Å². The topological polar surface area (TPSA) is 95.8 Å². The van der Waals surface area contributed by atoms with Crippen LogP contribution in [-0.4, -0.2) is 25.2 Å². The third-order valence-electron chi connectivity index (χ3n) is 8.78. The Morgan fingerprint density at radius 1 is 0.527 bits per heavy atom. The molecule has 0 saturated heterocycles. The Hall–Kier alpha value is -5.47. The molecule has 0 bridgehead atoms. The number of ether oxygens (including phenoxy) is 4. The number of rotatable bonds is 22. The van der Waals surface area contributed by atoms with Crippen LogP contribution in [0.25, 0.3) is 11.1 Å². The predicted octanol–water partition coefficient (Wildman–Crippen LogP) is 13.3. The van der Waals surface area contributed by atoms with Gasteiger partial charge in [-0.15, -0.1) is 0 Å². The molecule has 0 aliphatic rings. The highest BCUT2D eigenvalue weighted by Gasteiger charge is 2.12. The van der Waals surface area contributed by atoms with Crippen LogP contribution < -0.4 is 18.9 Å². The molecule has 0 aliphatic heterocycles. The summed E-state index contributed by atoms with van der Waals surface area (Å²) in [7, 11) is 0. The Morgan fingerprint density at radius 2 is 1.11 bits per heavy atom. The molecule has 0 unspecified atom stereocenters. The summed E-state index contributed by atoms with van der Waals surface area (Å²) in [4.78, 5) is 25.6. The number of carbonyl (C=O) groups is 2. The van der Waals surface area contributed by atoms with Crippen molar-refractivity contribution in [2.24, 2.45) is 10.2 Å². The fourth-order valence-corrected chi connectivity index (χ4v) is 5.88. The minimum absolute atomic E-state index is 0.241. The minimum atomic E-state index is -0.527. The second-order valence-electron chi connectivity index (χ2n) is 13.2. The van der Waals surface area contributed by atoms with Gasteiger partial charge in [-0.3, -0.25) is 4.79 Å². The van der Waals surface area contributed by atoms with Crippen molar-refractivity contribution >= 4 is 34.9 Å². The van der Waals surface area contributed by atoms with E-state index in [1.807, 2.05) is 42.5 Å². The summed E-state index contributed by atoms with van der Waals surface area (Å²) < 4.78 is 23.2. The van der Waals surface area contributed by atoms with E-state index >= 15 is 0 Å². The molecule has 0 heterocycles. The van der Waals surface area contributed by atoms with Crippen LogP contribution in [0, 0.1) is 0 Å². The highest BCUT2D eigenvalue weighted by molar-refractivity contribution is 6.30. The summed E-state index contributed by atoms with van der Waals surface area (Å²) in [6.45, 7) is 3.20. The molecule has 5 aromatic carbocycles. The van der Waals surface area contributed by atoms with Gasteiger partial charge in [-0.05, 0) is 91.1 Å². The third-order valence-corrected chi connectivity index (χ3v) is 9.03. The zero-order valence-corrected chi connectivity index (χ0v) is 32.2. The van der Waals surface area contributed by atoms with Crippen molar-refractivity contribution in [1.29, 1.82) is 0 Å². The van der Waals surface area contributed by atoms with Crippen LogP contribution in [0.15, 0.2) is 132 Å². The van der Waals surface area contributed by atoms with Crippen LogP contribution in [0.2, 0.25) is 5.02 Å². The second kappa shape index (κ2) is 22.7. The highest BCUT2D eigenvalue weighted by atomic mass is 35.5. The molecule has 0 saturated carbocycles. The quantitative estimate of drug-likeness (QED) is 0.0302. The van der Waals surface area contributed by atoms with Gasteiger partial charge in [0.15, 0.2) is 0 Å². The molecule has 0 radical (unpaired) electrons. The lowest BCUT2D eigenvalue weighted by Crippen LogP contribution is -2.09. The fourth-order valence-electron chi connectivity index (χ4n) is 5.75. The van der Waals surface area contributed by atoms with Crippen molar-refractivity contribution in [3.8, 4) is 34.1 Å². The Labute approximate surface area is 329 Å². The smallest absolute Gasteiger partial charge is 0.343 e. The van der Waals surface area contributed by atoms with Gasteiger partial charge < -0.3 is 18.9 Å². The highest BCUT2D eigenvalue weighted by Crippen LogP contribution is 2.31. The van der Waals surface area contributed by atoms with Crippen molar-refractivity contribution in [3.05, 3.63) is 132 Å². The SMILES string of the molecule is CCCCCCCCCCOc1ccc(C(=O)Oc2cc(N=Nc3ccc(Cl)cc3)cc(OCCCCC(=O)Oc3ccc(-c4ccccc4)cc3)c2)cc1. The standard InChI is InChI=1S/C46H49ClN2O6/c1-2-3-4-5-6-7-8-13-30-52-41-26-20-37(21-27-41)46(51)55-44-33-40(49-48-39-24-22-38(47)23-25-39)32-43(34-44)53-31-14-12-17-45(50)54-42-28-18-36(19-29-42)35-15-10-9-11-16-35/h9-11,15-16,18-29,32-34H,2-8,12-14,17,30-31H2,1H3. The molecule has 286 valence electrons. The number of azo groups is 1. The molecule has 5 rings (SSSR count). The zero-order chi connectivity index (χ0) is 38.5. The van der Waals surface area contributed by atoms with Gasteiger partial charge in [-0.2, -0.15) is 10.2 Å². The van der Waals surface area contributed by atoms with E-state index in [0.29, 0.717) is 65.3 Å². The molecular weight excluding hydrogens is 712 g/mol. The summed E-state index contributed by atoms with van der Waals surface area (Å²) in [5.74, 6) is 1.08. The lowest BCUT2D eigenvalue weighted by molar-refractivity contribution is -0.134. The Morgan fingerprint density at radius 3 is 1.82 bits per heavy atom. The van der Waals surface area contributed by atoms with Crippen LogP contribution in [0.5, 0.6) is 23.0 Å². The zero-order valence-electron chi connectivity index (χ0n) is 31.5.